The Kier molecular flexibility index (Phi) is 2.69. The molecular formula is C18H22. The van der Waals surface area contributed by atoms with Gasteiger partial charge in [-0.2, -0.15) is 0 Å². The van der Waals surface area contributed by atoms with E-state index >= 15 is 0 Å². The van der Waals surface area contributed by atoms with E-state index in [0.29, 0.717) is 11.3 Å². The van der Waals surface area contributed by atoms with Gasteiger partial charge in [0.15, 0.2) is 0 Å². The molecule has 3 rings (SSSR count). The summed E-state index contributed by atoms with van der Waals surface area (Å²) in [7, 11) is 0. The smallest absolute Gasteiger partial charge is 0.0110 e. The molecule has 0 aromatic heterocycles. The molecular weight excluding hydrogens is 216 g/mol. The fraction of sp³-hybridized carbons (Fsp3) is 0.444. The zero-order chi connectivity index (χ0) is 12.8. The second kappa shape index (κ2) is 4.12. The zero-order valence-electron chi connectivity index (χ0n) is 11.7. The summed E-state index contributed by atoms with van der Waals surface area (Å²) in [5.41, 5.74) is 3.56. The van der Waals surface area contributed by atoms with E-state index in [9.17, 15) is 0 Å². The lowest BCUT2D eigenvalue weighted by atomic mass is 9.69. The maximum absolute atomic E-state index is 2.44. The second-order valence-corrected chi connectivity index (χ2v) is 6.71. The molecule has 1 atom stereocenters. The van der Waals surface area contributed by atoms with Gasteiger partial charge in [0.25, 0.3) is 0 Å². The number of rotatable bonds is 0. The largest absolute Gasteiger partial charge is 0.0616 e. The Morgan fingerprint density at radius 1 is 1.00 bits per heavy atom. The lowest BCUT2D eigenvalue weighted by Crippen LogP contribution is -2.22. The molecule has 2 aromatic carbocycles. The number of aryl methyl sites for hydroxylation is 1. The van der Waals surface area contributed by atoms with E-state index < -0.39 is 0 Å². The molecule has 1 unspecified atom stereocenters. The second-order valence-electron chi connectivity index (χ2n) is 6.71. The van der Waals surface area contributed by atoms with Gasteiger partial charge >= 0.3 is 0 Å². The highest BCUT2D eigenvalue weighted by atomic mass is 14.3. The molecule has 0 saturated carbocycles. The van der Waals surface area contributed by atoms with Crippen LogP contribution in [-0.4, -0.2) is 0 Å². The van der Waals surface area contributed by atoms with Crippen LogP contribution in [0.4, 0.5) is 0 Å². The van der Waals surface area contributed by atoms with Crippen LogP contribution in [0.5, 0.6) is 0 Å². The molecule has 0 spiro atoms. The quantitative estimate of drug-likeness (QED) is 0.583. The van der Waals surface area contributed by atoms with Crippen molar-refractivity contribution in [1.29, 1.82) is 0 Å². The first-order valence-electron chi connectivity index (χ1n) is 7.07. The molecule has 0 heterocycles. The predicted molar refractivity (Wildman–Crippen MR) is 79.1 cm³/mol. The lowest BCUT2D eigenvalue weighted by molar-refractivity contribution is 0.290. The SMILES string of the molecule is CC(C)(C)C1CCCc2cc3ccccc3cc21. The van der Waals surface area contributed by atoms with Crippen molar-refractivity contribution in [3.63, 3.8) is 0 Å². The highest BCUT2D eigenvalue weighted by molar-refractivity contribution is 5.84. The molecule has 0 bridgehead atoms. The van der Waals surface area contributed by atoms with Crippen LogP contribution in [0.1, 0.15) is 50.7 Å². The van der Waals surface area contributed by atoms with Crippen LogP contribution in [0.15, 0.2) is 36.4 Å². The minimum Gasteiger partial charge on any atom is -0.0616 e. The minimum absolute atomic E-state index is 0.373. The summed E-state index contributed by atoms with van der Waals surface area (Å²) in [6.07, 6.45) is 3.94. The topological polar surface area (TPSA) is 0 Å². The third-order valence-electron chi connectivity index (χ3n) is 4.37. The summed E-state index contributed by atoms with van der Waals surface area (Å²) in [4.78, 5) is 0. The molecule has 0 fully saturated rings. The van der Waals surface area contributed by atoms with Crippen LogP contribution in [0.25, 0.3) is 10.8 Å². The summed E-state index contributed by atoms with van der Waals surface area (Å²) in [6.45, 7) is 7.13. The summed E-state index contributed by atoms with van der Waals surface area (Å²) >= 11 is 0. The highest BCUT2D eigenvalue weighted by Gasteiger charge is 2.30. The monoisotopic (exact) mass is 238 g/mol. The van der Waals surface area contributed by atoms with Crippen LogP contribution in [0.2, 0.25) is 0 Å². The van der Waals surface area contributed by atoms with Gasteiger partial charge in [0.05, 0.1) is 0 Å². The maximum atomic E-state index is 2.44. The van der Waals surface area contributed by atoms with Crippen molar-refractivity contribution in [3.05, 3.63) is 47.5 Å². The van der Waals surface area contributed by atoms with Gasteiger partial charge in [-0.25, -0.2) is 0 Å². The van der Waals surface area contributed by atoms with Crippen LogP contribution < -0.4 is 0 Å². The molecule has 18 heavy (non-hydrogen) atoms. The Hall–Kier alpha value is -1.30. The van der Waals surface area contributed by atoms with Gasteiger partial charge in [-0.3, -0.25) is 0 Å². The fourth-order valence-electron chi connectivity index (χ4n) is 3.40. The Labute approximate surface area is 110 Å². The van der Waals surface area contributed by atoms with E-state index in [1.165, 1.54) is 30.0 Å². The van der Waals surface area contributed by atoms with Gasteiger partial charge in [0.1, 0.15) is 0 Å². The predicted octanol–water partition coefficient (Wildman–Crippen LogP) is 5.31. The third-order valence-corrected chi connectivity index (χ3v) is 4.37. The molecule has 1 aliphatic carbocycles. The Morgan fingerprint density at radius 3 is 2.33 bits per heavy atom. The van der Waals surface area contributed by atoms with Crippen LogP contribution in [-0.2, 0) is 6.42 Å². The van der Waals surface area contributed by atoms with Crippen LogP contribution in [0.3, 0.4) is 0 Å². The molecule has 0 N–H and O–H groups in total. The number of hydrogen-bond donors (Lipinski definition) is 0. The van der Waals surface area contributed by atoms with E-state index in [-0.39, 0.29) is 0 Å². The number of fused-ring (bicyclic) bond motifs is 2. The normalized spacial score (nSPS) is 19.8. The van der Waals surface area contributed by atoms with Crippen molar-refractivity contribution >= 4 is 10.8 Å². The Bertz CT molecular complexity index is 572. The van der Waals surface area contributed by atoms with Crippen molar-refractivity contribution in [1.82, 2.24) is 0 Å². The van der Waals surface area contributed by atoms with Gasteiger partial charge < -0.3 is 0 Å². The third kappa shape index (κ3) is 1.94. The van der Waals surface area contributed by atoms with Crippen molar-refractivity contribution < 1.29 is 0 Å². The summed E-state index contributed by atoms with van der Waals surface area (Å²) < 4.78 is 0. The van der Waals surface area contributed by atoms with E-state index in [1.54, 1.807) is 11.1 Å². The highest BCUT2D eigenvalue weighted by Crippen LogP contribution is 2.44. The van der Waals surface area contributed by atoms with Crippen molar-refractivity contribution in [2.24, 2.45) is 5.41 Å². The number of hydrogen-bond acceptors (Lipinski definition) is 0. The zero-order valence-corrected chi connectivity index (χ0v) is 11.7. The fourth-order valence-corrected chi connectivity index (χ4v) is 3.40. The first kappa shape index (κ1) is 11.8. The van der Waals surface area contributed by atoms with Gasteiger partial charge in [0, 0.05) is 0 Å². The lowest BCUT2D eigenvalue weighted by Gasteiger charge is -2.36. The van der Waals surface area contributed by atoms with Gasteiger partial charge in [0.2, 0.25) is 0 Å². The standard InChI is InChI=1S/C18H22/c1-18(2,3)17-10-6-9-15-11-13-7-4-5-8-14(13)12-16(15)17/h4-5,7-8,11-12,17H,6,9-10H2,1-3H3. The molecule has 0 saturated heterocycles. The molecule has 0 nitrogen and oxygen atoms in total. The number of benzene rings is 2. The van der Waals surface area contributed by atoms with Gasteiger partial charge in [-0.15, -0.1) is 0 Å². The van der Waals surface area contributed by atoms with Gasteiger partial charge in [-0.05, 0) is 52.5 Å². The average Bonchev–Trinajstić information content (AvgIpc) is 2.34. The van der Waals surface area contributed by atoms with Crippen molar-refractivity contribution in [2.45, 2.75) is 46.0 Å². The summed E-state index contributed by atoms with van der Waals surface area (Å²) in [6, 6.07) is 13.6. The Morgan fingerprint density at radius 2 is 1.67 bits per heavy atom. The maximum Gasteiger partial charge on any atom is -0.0110 e. The Balaban J connectivity index is 2.19. The first-order chi connectivity index (χ1) is 8.55. The van der Waals surface area contributed by atoms with E-state index in [1.807, 2.05) is 0 Å². The van der Waals surface area contributed by atoms with Gasteiger partial charge in [-0.1, -0.05) is 57.2 Å². The van der Waals surface area contributed by atoms with E-state index in [2.05, 4.69) is 57.2 Å². The van der Waals surface area contributed by atoms with E-state index in [0.717, 1.165) is 0 Å². The molecule has 94 valence electrons. The van der Waals surface area contributed by atoms with Crippen LogP contribution >= 0.6 is 0 Å². The van der Waals surface area contributed by atoms with E-state index in [4.69, 9.17) is 0 Å². The molecule has 0 radical (unpaired) electrons. The molecule has 0 amide bonds. The van der Waals surface area contributed by atoms with Crippen LogP contribution in [0, 0.1) is 5.41 Å². The molecule has 1 aliphatic rings. The van der Waals surface area contributed by atoms with Crippen molar-refractivity contribution in [3.8, 4) is 0 Å². The summed E-state index contributed by atoms with van der Waals surface area (Å²) in [5.74, 6) is 0.714. The average molecular weight is 238 g/mol. The first-order valence-corrected chi connectivity index (χ1v) is 7.07. The minimum atomic E-state index is 0.373. The molecule has 0 heteroatoms. The van der Waals surface area contributed by atoms with Crippen molar-refractivity contribution in [2.75, 3.05) is 0 Å². The molecule has 2 aromatic rings. The summed E-state index contributed by atoms with van der Waals surface area (Å²) in [5, 5.41) is 2.79. The molecule has 0 aliphatic heterocycles.